The van der Waals surface area contributed by atoms with Crippen LogP contribution in [-0.4, -0.2) is 11.1 Å². The SMILES string of the molecule is CCc1ccc(C(=O)O)cc1SNc1cc(C(F)(F)F)ccc1-c1cccs1. The van der Waals surface area contributed by atoms with E-state index < -0.39 is 17.7 Å². The Balaban J connectivity index is 1.97. The normalized spacial score (nSPS) is 11.4. The first kappa shape index (κ1) is 20.3. The molecule has 0 bridgehead atoms. The maximum atomic E-state index is 13.2. The van der Waals surface area contributed by atoms with Crippen molar-refractivity contribution in [3.05, 3.63) is 70.6 Å². The maximum Gasteiger partial charge on any atom is 0.416 e. The van der Waals surface area contributed by atoms with Gasteiger partial charge in [0.2, 0.25) is 0 Å². The molecule has 0 atom stereocenters. The highest BCUT2D eigenvalue weighted by Gasteiger charge is 2.31. The van der Waals surface area contributed by atoms with Gasteiger partial charge in [-0.05, 0) is 59.6 Å². The largest absolute Gasteiger partial charge is 0.478 e. The number of aromatic carboxylic acids is 1. The summed E-state index contributed by atoms with van der Waals surface area (Å²) in [6, 6.07) is 12.0. The van der Waals surface area contributed by atoms with Crippen molar-refractivity contribution in [1.82, 2.24) is 0 Å². The minimum Gasteiger partial charge on any atom is -0.478 e. The van der Waals surface area contributed by atoms with Crippen LogP contribution < -0.4 is 4.72 Å². The first-order chi connectivity index (χ1) is 13.3. The van der Waals surface area contributed by atoms with Gasteiger partial charge >= 0.3 is 12.1 Å². The van der Waals surface area contributed by atoms with E-state index in [9.17, 15) is 23.1 Å². The second kappa shape index (κ2) is 8.28. The molecule has 0 fully saturated rings. The molecule has 0 saturated heterocycles. The molecule has 0 aliphatic rings. The van der Waals surface area contributed by atoms with E-state index >= 15 is 0 Å². The molecular formula is C20H16F3NO2S2. The van der Waals surface area contributed by atoms with Gasteiger partial charge in [0.1, 0.15) is 0 Å². The summed E-state index contributed by atoms with van der Waals surface area (Å²) in [7, 11) is 0. The summed E-state index contributed by atoms with van der Waals surface area (Å²) in [4.78, 5) is 12.7. The van der Waals surface area contributed by atoms with Crippen molar-refractivity contribution in [2.45, 2.75) is 24.4 Å². The topological polar surface area (TPSA) is 49.3 Å². The summed E-state index contributed by atoms with van der Waals surface area (Å²) < 4.78 is 42.5. The van der Waals surface area contributed by atoms with E-state index in [2.05, 4.69) is 4.72 Å². The molecule has 0 amide bonds. The summed E-state index contributed by atoms with van der Waals surface area (Å²) in [6.45, 7) is 1.93. The number of carbonyl (C=O) groups is 1. The van der Waals surface area contributed by atoms with E-state index in [1.54, 1.807) is 6.07 Å². The Bertz CT molecular complexity index is 986. The van der Waals surface area contributed by atoms with Crippen molar-refractivity contribution in [3.8, 4) is 10.4 Å². The summed E-state index contributed by atoms with van der Waals surface area (Å²) >= 11 is 2.54. The van der Waals surface area contributed by atoms with Crippen LogP contribution in [0.5, 0.6) is 0 Å². The molecule has 0 spiro atoms. The average Bonchev–Trinajstić information content (AvgIpc) is 3.19. The van der Waals surface area contributed by atoms with Crippen molar-refractivity contribution in [2.24, 2.45) is 0 Å². The van der Waals surface area contributed by atoms with E-state index in [0.29, 0.717) is 22.6 Å². The number of halogens is 3. The summed E-state index contributed by atoms with van der Waals surface area (Å²) in [5.74, 6) is -1.05. The minimum absolute atomic E-state index is 0.129. The molecule has 0 aliphatic carbocycles. The van der Waals surface area contributed by atoms with Crippen molar-refractivity contribution in [1.29, 1.82) is 0 Å². The van der Waals surface area contributed by atoms with Gasteiger partial charge in [-0.3, -0.25) is 0 Å². The number of rotatable bonds is 6. The monoisotopic (exact) mass is 423 g/mol. The van der Waals surface area contributed by atoms with E-state index in [1.165, 1.54) is 29.5 Å². The van der Waals surface area contributed by atoms with Crippen molar-refractivity contribution in [3.63, 3.8) is 0 Å². The van der Waals surface area contributed by atoms with Gasteiger partial charge in [0.25, 0.3) is 0 Å². The predicted molar refractivity (Wildman–Crippen MR) is 107 cm³/mol. The first-order valence-corrected chi connectivity index (χ1v) is 10.0. The Hall–Kier alpha value is -2.45. The smallest absolute Gasteiger partial charge is 0.416 e. The number of hydrogen-bond donors (Lipinski definition) is 2. The van der Waals surface area contributed by atoms with E-state index in [-0.39, 0.29) is 5.56 Å². The lowest BCUT2D eigenvalue weighted by Gasteiger charge is -2.15. The number of anilines is 1. The zero-order chi connectivity index (χ0) is 20.3. The van der Waals surface area contributed by atoms with Crippen LogP contribution in [0.2, 0.25) is 0 Å². The molecule has 3 rings (SSSR count). The zero-order valence-corrected chi connectivity index (χ0v) is 16.3. The maximum absolute atomic E-state index is 13.2. The highest BCUT2D eigenvalue weighted by Crippen LogP contribution is 2.39. The number of aryl methyl sites for hydroxylation is 1. The summed E-state index contributed by atoms with van der Waals surface area (Å²) in [5, 5.41) is 11.1. The molecule has 1 heterocycles. The van der Waals surface area contributed by atoms with Crippen LogP contribution in [0.4, 0.5) is 18.9 Å². The van der Waals surface area contributed by atoms with Crippen molar-refractivity contribution >= 4 is 34.9 Å². The Labute approximate surface area is 168 Å². The molecule has 0 unspecified atom stereocenters. The second-order valence-corrected chi connectivity index (χ2v) is 7.72. The van der Waals surface area contributed by atoms with E-state index in [1.807, 2.05) is 24.4 Å². The van der Waals surface area contributed by atoms with Gasteiger partial charge in [-0.15, -0.1) is 11.3 Å². The van der Waals surface area contributed by atoms with E-state index in [0.717, 1.165) is 34.5 Å². The Kier molecular flexibility index (Phi) is 6.00. The molecule has 1 aromatic heterocycles. The fraction of sp³-hybridized carbons (Fsp3) is 0.150. The van der Waals surface area contributed by atoms with Gasteiger partial charge in [0.05, 0.1) is 16.8 Å². The zero-order valence-electron chi connectivity index (χ0n) is 14.7. The second-order valence-electron chi connectivity index (χ2n) is 5.92. The van der Waals surface area contributed by atoms with Crippen molar-refractivity contribution in [2.75, 3.05) is 4.72 Å². The molecule has 2 N–H and O–H groups in total. The molecule has 0 aliphatic heterocycles. The van der Waals surface area contributed by atoms with Crippen LogP contribution in [0.15, 0.2) is 58.8 Å². The van der Waals surface area contributed by atoms with Gasteiger partial charge in [0, 0.05) is 15.3 Å². The molecule has 28 heavy (non-hydrogen) atoms. The van der Waals surface area contributed by atoms with Gasteiger partial charge < -0.3 is 9.83 Å². The van der Waals surface area contributed by atoms with Crippen LogP contribution in [0, 0.1) is 0 Å². The van der Waals surface area contributed by atoms with Crippen LogP contribution in [0.1, 0.15) is 28.4 Å². The van der Waals surface area contributed by atoms with Gasteiger partial charge in [-0.25, -0.2) is 4.79 Å². The number of thiophene rings is 1. The molecular weight excluding hydrogens is 407 g/mol. The number of carboxylic acids is 1. The Morgan fingerprint density at radius 1 is 1.18 bits per heavy atom. The number of hydrogen-bond acceptors (Lipinski definition) is 4. The molecule has 146 valence electrons. The van der Waals surface area contributed by atoms with Crippen molar-refractivity contribution < 1.29 is 23.1 Å². The van der Waals surface area contributed by atoms with Crippen LogP contribution in [-0.2, 0) is 12.6 Å². The predicted octanol–water partition coefficient (Wildman–Crippen LogP) is 6.81. The lowest BCUT2D eigenvalue weighted by Crippen LogP contribution is -2.06. The molecule has 3 aromatic rings. The van der Waals surface area contributed by atoms with Crippen LogP contribution in [0.25, 0.3) is 10.4 Å². The van der Waals surface area contributed by atoms with Crippen LogP contribution >= 0.6 is 23.3 Å². The number of alkyl halides is 3. The number of benzene rings is 2. The fourth-order valence-electron chi connectivity index (χ4n) is 2.64. The molecule has 0 radical (unpaired) electrons. The Morgan fingerprint density at radius 3 is 2.57 bits per heavy atom. The highest BCUT2D eigenvalue weighted by atomic mass is 32.2. The highest BCUT2D eigenvalue weighted by molar-refractivity contribution is 8.00. The molecule has 3 nitrogen and oxygen atoms in total. The molecule has 0 saturated carbocycles. The third kappa shape index (κ3) is 4.51. The fourth-order valence-corrected chi connectivity index (χ4v) is 4.32. The van der Waals surface area contributed by atoms with Crippen LogP contribution in [0.3, 0.4) is 0 Å². The minimum atomic E-state index is -4.45. The van der Waals surface area contributed by atoms with Gasteiger partial charge in [-0.1, -0.05) is 25.1 Å². The lowest BCUT2D eigenvalue weighted by molar-refractivity contribution is -0.137. The molecule has 8 heteroatoms. The standard InChI is InChI=1S/C20H16F3NO2S2/c1-2-12-5-6-13(19(25)26)10-18(12)28-24-16-11-14(20(21,22)23)7-8-15(16)17-4-3-9-27-17/h3-11,24H,2H2,1H3,(H,25,26). The lowest BCUT2D eigenvalue weighted by atomic mass is 10.1. The average molecular weight is 423 g/mol. The summed E-state index contributed by atoms with van der Waals surface area (Å²) in [5.41, 5.74) is 1.27. The van der Waals surface area contributed by atoms with Gasteiger partial charge in [-0.2, -0.15) is 13.2 Å². The Morgan fingerprint density at radius 2 is 1.96 bits per heavy atom. The van der Waals surface area contributed by atoms with E-state index in [4.69, 9.17) is 0 Å². The third-order valence-corrected chi connectivity index (χ3v) is 5.92. The van der Waals surface area contributed by atoms with Gasteiger partial charge in [0.15, 0.2) is 0 Å². The number of carboxylic acid groups (broad SMARTS) is 1. The summed E-state index contributed by atoms with van der Waals surface area (Å²) in [6.07, 6.45) is -3.78. The molecule has 2 aromatic carbocycles. The first-order valence-electron chi connectivity index (χ1n) is 8.33. The third-order valence-electron chi connectivity index (χ3n) is 4.10. The quantitative estimate of drug-likeness (QED) is 0.428. The number of nitrogens with one attached hydrogen (secondary N) is 1.